The fourth-order valence-corrected chi connectivity index (χ4v) is 1.05. The summed E-state index contributed by atoms with van der Waals surface area (Å²) in [7, 11) is 0. The van der Waals surface area contributed by atoms with E-state index >= 15 is 0 Å². The number of nitrogen functional groups attached to an aromatic ring is 1. The van der Waals surface area contributed by atoms with Crippen molar-refractivity contribution in [2.24, 2.45) is 4.99 Å². The van der Waals surface area contributed by atoms with Crippen LogP contribution >= 0.6 is 11.6 Å². The quantitative estimate of drug-likeness (QED) is 0.463. The Hall–Kier alpha value is -1.36. The predicted octanol–water partition coefficient (Wildman–Crippen LogP) is 1.80. The van der Waals surface area contributed by atoms with E-state index in [0.717, 1.165) is 0 Å². The number of ether oxygens (including phenoxy) is 1. The lowest BCUT2D eigenvalue weighted by atomic mass is 10.5. The van der Waals surface area contributed by atoms with Gasteiger partial charge in [-0.15, -0.1) is 0 Å². The predicted molar refractivity (Wildman–Crippen MR) is 55.8 cm³/mol. The third kappa shape index (κ3) is 2.56. The lowest BCUT2D eigenvalue weighted by Gasteiger charge is -2.03. The molecule has 1 aromatic rings. The zero-order valence-electron chi connectivity index (χ0n) is 7.99. The Morgan fingerprint density at radius 2 is 2.36 bits per heavy atom. The minimum Gasteiger partial charge on any atom is -0.481 e. The SMILES string of the molecule is CCOC(C)=Nc1c(N)ncnc1Cl. The Labute approximate surface area is 87.0 Å². The van der Waals surface area contributed by atoms with Gasteiger partial charge in [0.05, 0.1) is 6.61 Å². The molecule has 0 bridgehead atoms. The van der Waals surface area contributed by atoms with Crippen molar-refractivity contribution in [1.82, 2.24) is 9.97 Å². The number of aromatic nitrogens is 2. The van der Waals surface area contributed by atoms with Crippen LogP contribution in [0.15, 0.2) is 11.3 Å². The van der Waals surface area contributed by atoms with Gasteiger partial charge in [0.1, 0.15) is 12.0 Å². The van der Waals surface area contributed by atoms with Crippen LogP contribution in [0.5, 0.6) is 0 Å². The van der Waals surface area contributed by atoms with Gasteiger partial charge in [-0.25, -0.2) is 15.0 Å². The summed E-state index contributed by atoms with van der Waals surface area (Å²) in [5.74, 6) is 0.722. The lowest BCUT2D eigenvalue weighted by Crippen LogP contribution is -1.99. The normalized spacial score (nSPS) is 11.5. The zero-order valence-corrected chi connectivity index (χ0v) is 8.75. The van der Waals surface area contributed by atoms with Gasteiger partial charge >= 0.3 is 0 Å². The van der Waals surface area contributed by atoms with Crippen LogP contribution in [0.4, 0.5) is 11.5 Å². The minimum absolute atomic E-state index is 0.219. The Morgan fingerprint density at radius 3 is 2.93 bits per heavy atom. The van der Waals surface area contributed by atoms with Gasteiger partial charge in [0.2, 0.25) is 0 Å². The van der Waals surface area contributed by atoms with Crippen LogP contribution in [0.3, 0.4) is 0 Å². The van der Waals surface area contributed by atoms with Gasteiger partial charge in [-0.2, -0.15) is 0 Å². The van der Waals surface area contributed by atoms with Gasteiger partial charge < -0.3 is 10.5 Å². The number of halogens is 1. The van der Waals surface area contributed by atoms with Gasteiger partial charge in [0.15, 0.2) is 16.9 Å². The van der Waals surface area contributed by atoms with Gasteiger partial charge in [-0.3, -0.25) is 0 Å². The monoisotopic (exact) mass is 214 g/mol. The van der Waals surface area contributed by atoms with Crippen LogP contribution in [0.2, 0.25) is 5.15 Å². The minimum atomic E-state index is 0.219. The van der Waals surface area contributed by atoms with Crippen LogP contribution < -0.4 is 5.73 Å². The van der Waals surface area contributed by atoms with E-state index in [0.29, 0.717) is 18.2 Å². The average molecular weight is 215 g/mol. The number of anilines is 1. The molecule has 2 N–H and O–H groups in total. The van der Waals surface area contributed by atoms with Gasteiger partial charge in [-0.1, -0.05) is 11.6 Å². The molecule has 1 heterocycles. The molecule has 1 aromatic heterocycles. The van der Waals surface area contributed by atoms with E-state index in [2.05, 4.69) is 15.0 Å². The van der Waals surface area contributed by atoms with Crippen molar-refractivity contribution < 1.29 is 4.74 Å². The third-order valence-corrected chi connectivity index (χ3v) is 1.70. The second-order valence-corrected chi connectivity index (χ2v) is 2.82. The summed E-state index contributed by atoms with van der Waals surface area (Å²) < 4.78 is 5.14. The van der Waals surface area contributed by atoms with Gasteiger partial charge in [-0.05, 0) is 6.92 Å². The van der Waals surface area contributed by atoms with E-state index in [1.807, 2.05) is 6.92 Å². The fourth-order valence-electron chi connectivity index (χ4n) is 0.872. The second kappa shape index (κ2) is 4.76. The molecule has 6 heteroatoms. The fraction of sp³-hybridized carbons (Fsp3) is 0.375. The smallest absolute Gasteiger partial charge is 0.185 e. The van der Waals surface area contributed by atoms with E-state index in [1.165, 1.54) is 6.33 Å². The highest BCUT2D eigenvalue weighted by Crippen LogP contribution is 2.26. The molecule has 76 valence electrons. The summed E-state index contributed by atoms with van der Waals surface area (Å²) in [6.45, 7) is 4.12. The largest absolute Gasteiger partial charge is 0.481 e. The molecule has 0 saturated carbocycles. The molecule has 0 spiro atoms. The topological polar surface area (TPSA) is 73.4 Å². The molecule has 0 aromatic carbocycles. The van der Waals surface area contributed by atoms with Crippen molar-refractivity contribution in [3.05, 3.63) is 11.5 Å². The van der Waals surface area contributed by atoms with E-state index in [4.69, 9.17) is 22.1 Å². The molecule has 1 rings (SSSR count). The molecule has 0 saturated heterocycles. The molecule has 0 aliphatic heterocycles. The van der Waals surface area contributed by atoms with Gasteiger partial charge in [0, 0.05) is 6.92 Å². The first-order valence-corrected chi connectivity index (χ1v) is 4.47. The first-order chi connectivity index (χ1) is 6.65. The highest BCUT2D eigenvalue weighted by atomic mass is 35.5. The van der Waals surface area contributed by atoms with E-state index < -0.39 is 0 Å². The summed E-state index contributed by atoms with van der Waals surface area (Å²) >= 11 is 5.78. The molecular formula is C8H11ClN4O. The summed E-state index contributed by atoms with van der Waals surface area (Å²) in [4.78, 5) is 11.6. The molecule has 0 atom stereocenters. The van der Waals surface area contributed by atoms with Crippen molar-refractivity contribution >= 4 is 29.0 Å². The van der Waals surface area contributed by atoms with Crippen LogP contribution in [-0.2, 0) is 4.74 Å². The highest BCUT2D eigenvalue weighted by Gasteiger charge is 2.06. The molecule has 0 aliphatic rings. The van der Waals surface area contributed by atoms with Crippen molar-refractivity contribution in [3.8, 4) is 0 Å². The molecule has 5 nitrogen and oxygen atoms in total. The van der Waals surface area contributed by atoms with Crippen LogP contribution in [0.25, 0.3) is 0 Å². The summed E-state index contributed by atoms with van der Waals surface area (Å²) in [5.41, 5.74) is 5.91. The highest BCUT2D eigenvalue weighted by molar-refractivity contribution is 6.32. The van der Waals surface area contributed by atoms with E-state index in [1.54, 1.807) is 6.92 Å². The van der Waals surface area contributed by atoms with Crippen LogP contribution in [0, 0.1) is 0 Å². The molecule has 0 aliphatic carbocycles. The van der Waals surface area contributed by atoms with E-state index in [-0.39, 0.29) is 11.0 Å². The van der Waals surface area contributed by atoms with Crippen LogP contribution in [-0.4, -0.2) is 22.5 Å². The van der Waals surface area contributed by atoms with E-state index in [9.17, 15) is 0 Å². The Balaban J connectivity index is 3.01. The number of hydrogen-bond donors (Lipinski definition) is 1. The standard InChI is InChI=1S/C8H11ClN4O/c1-3-14-5(2)13-6-7(9)11-4-12-8(6)10/h4H,3H2,1-2H3,(H2,10,11,12). The van der Waals surface area contributed by atoms with Gasteiger partial charge in [0.25, 0.3) is 0 Å². The molecule has 0 fully saturated rings. The number of rotatable bonds is 2. The molecule has 14 heavy (non-hydrogen) atoms. The summed E-state index contributed by atoms with van der Waals surface area (Å²) in [6, 6.07) is 0. The number of nitrogens with two attached hydrogens (primary N) is 1. The summed E-state index contributed by atoms with van der Waals surface area (Å²) in [6.07, 6.45) is 1.28. The number of hydrogen-bond acceptors (Lipinski definition) is 5. The maximum atomic E-state index is 5.78. The molecule has 0 amide bonds. The number of nitrogens with zero attached hydrogens (tertiary/aromatic N) is 3. The first kappa shape index (κ1) is 10.7. The summed E-state index contributed by atoms with van der Waals surface area (Å²) in [5, 5.41) is 0.219. The Morgan fingerprint density at radius 1 is 1.64 bits per heavy atom. The van der Waals surface area contributed by atoms with Crippen LogP contribution in [0.1, 0.15) is 13.8 Å². The Kier molecular flexibility index (Phi) is 3.64. The average Bonchev–Trinajstić information content (AvgIpc) is 2.12. The van der Waals surface area contributed by atoms with Crippen molar-refractivity contribution in [2.75, 3.05) is 12.3 Å². The second-order valence-electron chi connectivity index (χ2n) is 2.46. The molecule has 0 unspecified atom stereocenters. The maximum Gasteiger partial charge on any atom is 0.185 e. The lowest BCUT2D eigenvalue weighted by molar-refractivity contribution is 0.325. The molecule has 0 radical (unpaired) electrons. The maximum absolute atomic E-state index is 5.78. The number of aliphatic imine (C=N–C) groups is 1. The zero-order chi connectivity index (χ0) is 10.6. The van der Waals surface area contributed by atoms with Crippen molar-refractivity contribution in [3.63, 3.8) is 0 Å². The first-order valence-electron chi connectivity index (χ1n) is 4.09. The molecular weight excluding hydrogens is 204 g/mol. The van der Waals surface area contributed by atoms with Crippen molar-refractivity contribution in [1.29, 1.82) is 0 Å². The Bertz CT molecular complexity index is 333. The third-order valence-electron chi connectivity index (χ3n) is 1.43. The van der Waals surface area contributed by atoms with Crippen molar-refractivity contribution in [2.45, 2.75) is 13.8 Å².